The molecule has 0 aliphatic rings. The summed E-state index contributed by atoms with van der Waals surface area (Å²) in [5, 5.41) is 29.7. The molecule has 12 heteroatoms. The fraction of sp³-hybridized carbons (Fsp3) is 0.286. The van der Waals surface area contributed by atoms with E-state index in [2.05, 4.69) is 35.9 Å². The lowest BCUT2D eigenvalue weighted by Gasteiger charge is -2.20. The number of H-pyrrole nitrogens is 1. The lowest BCUT2D eigenvalue weighted by molar-refractivity contribution is 0.0815. The second-order valence-corrected chi connectivity index (χ2v) is 20.7. The number of aliphatic hydroxyl groups excluding tert-OH is 1. The second-order valence-electron chi connectivity index (χ2n) is 13.2. The highest BCUT2D eigenvalue weighted by molar-refractivity contribution is 7.90. The average Bonchev–Trinajstić information content (AvgIpc) is 3.77. The Labute approximate surface area is 275 Å². The molecule has 0 aliphatic heterocycles. The molecule has 10 nitrogen and oxygen atoms in total. The summed E-state index contributed by atoms with van der Waals surface area (Å²) in [6, 6.07) is 18.8. The van der Waals surface area contributed by atoms with Gasteiger partial charge < -0.3 is 14.4 Å². The van der Waals surface area contributed by atoms with Crippen LogP contribution in [-0.4, -0.2) is 51.9 Å². The molecule has 2 N–H and O–H groups in total. The van der Waals surface area contributed by atoms with Crippen LogP contribution in [0.5, 0.6) is 0 Å². The van der Waals surface area contributed by atoms with Gasteiger partial charge in [-0.3, -0.25) is 5.10 Å². The number of nitriles is 1. The number of benzene rings is 3. The molecule has 1 atom stereocenters. The SMILES string of the molecule is Cc1ccc(S(=O)(=O)n2cc(-c3ccn[nH]3)c3c(C(O)c4nc5ccc(C#N)cc5n4COCC[Si](C)(C)C)c(C)cc(C)c32)cc1. The van der Waals surface area contributed by atoms with Crippen LogP contribution in [0.25, 0.3) is 33.2 Å². The number of hydrogen-bond acceptors (Lipinski definition) is 7. The Balaban J connectivity index is 1.59. The van der Waals surface area contributed by atoms with Crippen LogP contribution in [0.1, 0.15) is 39.7 Å². The van der Waals surface area contributed by atoms with E-state index in [0.717, 1.165) is 22.7 Å². The Hall–Kier alpha value is -4.54. The van der Waals surface area contributed by atoms with Crippen molar-refractivity contribution in [3.05, 3.63) is 101 Å². The molecular formula is C35H38N6O4SSi. The fourth-order valence-corrected chi connectivity index (χ4v) is 8.17. The molecular weight excluding hydrogens is 629 g/mol. The van der Waals surface area contributed by atoms with Gasteiger partial charge >= 0.3 is 0 Å². The van der Waals surface area contributed by atoms with Gasteiger partial charge in [-0.2, -0.15) is 10.4 Å². The van der Waals surface area contributed by atoms with E-state index in [1.165, 1.54) is 3.97 Å². The highest BCUT2D eigenvalue weighted by atomic mass is 32.2. The molecule has 0 bridgehead atoms. The van der Waals surface area contributed by atoms with Crippen molar-refractivity contribution in [2.75, 3.05) is 6.61 Å². The smallest absolute Gasteiger partial charge is 0.268 e. The maximum absolute atomic E-state index is 14.2. The van der Waals surface area contributed by atoms with Crippen molar-refractivity contribution in [2.24, 2.45) is 0 Å². The van der Waals surface area contributed by atoms with E-state index in [-0.39, 0.29) is 11.6 Å². The number of nitrogens with one attached hydrogen (secondary N) is 1. The van der Waals surface area contributed by atoms with Crippen LogP contribution >= 0.6 is 0 Å². The molecule has 3 aromatic carbocycles. The van der Waals surface area contributed by atoms with Gasteiger partial charge in [-0.15, -0.1) is 0 Å². The number of hydrogen-bond donors (Lipinski definition) is 2. The minimum atomic E-state index is -4.03. The lowest BCUT2D eigenvalue weighted by Crippen LogP contribution is -2.22. The number of aromatic nitrogens is 5. The lowest BCUT2D eigenvalue weighted by atomic mass is 9.93. The Morgan fingerprint density at radius 1 is 1.04 bits per heavy atom. The summed E-state index contributed by atoms with van der Waals surface area (Å²) in [5.74, 6) is 0.334. The van der Waals surface area contributed by atoms with Gasteiger partial charge in [0.2, 0.25) is 0 Å². The van der Waals surface area contributed by atoms with Crippen molar-refractivity contribution in [1.82, 2.24) is 23.7 Å². The maximum Gasteiger partial charge on any atom is 0.268 e. The van der Waals surface area contributed by atoms with Crippen molar-refractivity contribution < 1.29 is 18.3 Å². The molecule has 3 heterocycles. The summed E-state index contributed by atoms with van der Waals surface area (Å²) in [7, 11) is -5.38. The Bertz CT molecular complexity index is 2260. The molecule has 242 valence electrons. The van der Waals surface area contributed by atoms with Crippen molar-refractivity contribution in [3.63, 3.8) is 0 Å². The van der Waals surface area contributed by atoms with Gasteiger partial charge in [-0.05, 0) is 74.3 Å². The van der Waals surface area contributed by atoms with Crippen LogP contribution in [-0.2, 0) is 21.5 Å². The number of rotatable bonds is 10. The number of aryl methyl sites for hydroxylation is 3. The maximum atomic E-state index is 14.2. The monoisotopic (exact) mass is 666 g/mol. The predicted molar refractivity (Wildman–Crippen MR) is 185 cm³/mol. The molecule has 3 aromatic heterocycles. The van der Waals surface area contributed by atoms with Crippen LogP contribution in [0.15, 0.2) is 71.9 Å². The van der Waals surface area contributed by atoms with E-state index < -0.39 is 24.2 Å². The first-order valence-corrected chi connectivity index (χ1v) is 20.6. The zero-order chi connectivity index (χ0) is 33.7. The minimum absolute atomic E-state index is 0.131. The van der Waals surface area contributed by atoms with E-state index in [1.54, 1.807) is 60.9 Å². The number of aromatic amines is 1. The highest BCUT2D eigenvalue weighted by Crippen LogP contribution is 2.42. The molecule has 47 heavy (non-hydrogen) atoms. The van der Waals surface area contributed by atoms with Crippen molar-refractivity contribution in [2.45, 2.75) is 64.2 Å². The topological polar surface area (TPSA) is 139 Å². The van der Waals surface area contributed by atoms with Crippen LogP contribution < -0.4 is 0 Å². The quantitative estimate of drug-likeness (QED) is 0.121. The van der Waals surface area contributed by atoms with Crippen LogP contribution in [0.2, 0.25) is 25.7 Å². The Morgan fingerprint density at radius 2 is 1.79 bits per heavy atom. The summed E-state index contributed by atoms with van der Waals surface area (Å²) < 4.78 is 37.7. The van der Waals surface area contributed by atoms with Crippen LogP contribution in [0, 0.1) is 32.1 Å². The Morgan fingerprint density at radius 3 is 2.45 bits per heavy atom. The fourth-order valence-electron chi connectivity index (χ4n) is 5.99. The largest absolute Gasteiger partial charge is 0.380 e. The number of ether oxygens (including phenoxy) is 1. The minimum Gasteiger partial charge on any atom is -0.380 e. The molecule has 0 spiro atoms. The summed E-state index contributed by atoms with van der Waals surface area (Å²) in [4.78, 5) is 5.01. The third-order valence-corrected chi connectivity index (χ3v) is 11.9. The van der Waals surface area contributed by atoms with Gasteiger partial charge in [0, 0.05) is 43.6 Å². The zero-order valence-corrected chi connectivity index (χ0v) is 29.2. The molecule has 0 saturated heterocycles. The zero-order valence-electron chi connectivity index (χ0n) is 27.4. The molecule has 0 radical (unpaired) electrons. The van der Waals surface area contributed by atoms with E-state index in [0.29, 0.717) is 56.8 Å². The number of fused-ring (bicyclic) bond motifs is 2. The van der Waals surface area contributed by atoms with Gasteiger partial charge in [0.05, 0.1) is 38.8 Å². The molecule has 0 saturated carbocycles. The molecule has 0 amide bonds. The first-order chi connectivity index (χ1) is 22.3. The summed E-state index contributed by atoms with van der Waals surface area (Å²) >= 11 is 0. The second kappa shape index (κ2) is 12.2. The van der Waals surface area contributed by atoms with E-state index in [1.807, 2.05) is 31.4 Å². The molecule has 0 aliphatic carbocycles. The summed E-state index contributed by atoms with van der Waals surface area (Å²) in [6.45, 7) is 13.2. The first kappa shape index (κ1) is 32.4. The van der Waals surface area contributed by atoms with Crippen molar-refractivity contribution >= 4 is 40.0 Å². The summed E-state index contributed by atoms with van der Waals surface area (Å²) in [6.07, 6.45) is 1.93. The van der Waals surface area contributed by atoms with Gasteiger partial charge in [0.15, 0.2) is 0 Å². The van der Waals surface area contributed by atoms with Gasteiger partial charge in [0.25, 0.3) is 10.0 Å². The Kier molecular flexibility index (Phi) is 8.44. The molecule has 1 unspecified atom stereocenters. The molecule has 0 fully saturated rings. The highest BCUT2D eigenvalue weighted by Gasteiger charge is 2.31. The summed E-state index contributed by atoms with van der Waals surface area (Å²) in [5.41, 5.74) is 6.36. The van der Waals surface area contributed by atoms with E-state index >= 15 is 0 Å². The number of nitrogens with zero attached hydrogens (tertiary/aromatic N) is 5. The third kappa shape index (κ3) is 6.03. The van der Waals surface area contributed by atoms with Gasteiger partial charge in [0.1, 0.15) is 18.7 Å². The van der Waals surface area contributed by atoms with E-state index in [9.17, 15) is 18.8 Å². The average molecular weight is 667 g/mol. The standard InChI is InChI=1S/C35H38N6O4SSi/c1-22-7-10-26(11-8-22)46(43,44)41-20-27(28-13-14-37-39-28)32-31(23(2)17-24(3)33(32)41)34(42)35-38-29-12-9-25(19-36)18-30(29)40(35)21-45-15-16-47(4,5)6/h7-14,17-18,20,34,42H,15-16,21H2,1-6H3,(H,37,39). The van der Waals surface area contributed by atoms with Crippen LogP contribution in [0.4, 0.5) is 0 Å². The van der Waals surface area contributed by atoms with Crippen LogP contribution in [0.3, 0.4) is 0 Å². The third-order valence-electron chi connectivity index (χ3n) is 8.48. The van der Waals surface area contributed by atoms with Gasteiger partial charge in [-0.25, -0.2) is 17.4 Å². The van der Waals surface area contributed by atoms with E-state index in [4.69, 9.17) is 9.72 Å². The van der Waals surface area contributed by atoms with Gasteiger partial charge in [-0.1, -0.05) is 43.4 Å². The van der Waals surface area contributed by atoms with Crippen molar-refractivity contribution in [1.29, 1.82) is 5.26 Å². The van der Waals surface area contributed by atoms with Crippen molar-refractivity contribution in [3.8, 4) is 17.3 Å². The number of imidazole rings is 1. The normalized spacial score (nSPS) is 13.0. The molecule has 6 rings (SSSR count). The first-order valence-electron chi connectivity index (χ1n) is 15.4. The predicted octanol–water partition coefficient (Wildman–Crippen LogP) is 6.81. The molecule has 6 aromatic rings. The number of aliphatic hydroxyl groups is 1.